The van der Waals surface area contributed by atoms with Crippen LogP contribution in [-0.4, -0.2) is 30.9 Å². The maximum atomic E-state index is 6.06. The molecule has 0 fully saturated rings. The molecular formula is C23H25N5O2. The number of aliphatic imine (C=N–C) groups is 1. The van der Waals surface area contributed by atoms with Crippen molar-refractivity contribution in [1.82, 2.24) is 9.97 Å². The third-order valence-corrected chi connectivity index (χ3v) is 4.67. The summed E-state index contributed by atoms with van der Waals surface area (Å²) in [5, 5.41) is 3.17. The molecule has 1 aromatic heterocycles. The summed E-state index contributed by atoms with van der Waals surface area (Å²) in [4.78, 5) is 13.0. The number of hydrogen-bond donors (Lipinski definition) is 2. The fourth-order valence-electron chi connectivity index (χ4n) is 3.00. The summed E-state index contributed by atoms with van der Waals surface area (Å²) in [6, 6.07) is 11.4. The third kappa shape index (κ3) is 4.57. The Morgan fingerprint density at radius 3 is 2.47 bits per heavy atom. The number of nitrogens with two attached hydrogens (primary N) is 1. The van der Waals surface area contributed by atoms with Gasteiger partial charge >= 0.3 is 0 Å². The van der Waals surface area contributed by atoms with E-state index in [-0.39, 0.29) is 0 Å². The van der Waals surface area contributed by atoms with Crippen LogP contribution in [-0.2, 0) is 0 Å². The SMILES string of the molecule is C=Nc1nc(Nc2c(C)cccc2N)ncc1/C=C(\C)c1cc(OC)cc(OC)c1. The summed E-state index contributed by atoms with van der Waals surface area (Å²) in [6.07, 6.45) is 3.65. The number of aromatic nitrogens is 2. The lowest BCUT2D eigenvalue weighted by Crippen LogP contribution is -2.02. The van der Waals surface area contributed by atoms with Crippen molar-refractivity contribution in [3.8, 4) is 11.5 Å². The zero-order valence-corrected chi connectivity index (χ0v) is 17.6. The van der Waals surface area contributed by atoms with Crippen molar-refractivity contribution in [2.75, 3.05) is 25.3 Å². The molecule has 2 aromatic carbocycles. The topological polar surface area (TPSA) is 94.7 Å². The number of hydrogen-bond acceptors (Lipinski definition) is 7. The molecular weight excluding hydrogens is 378 g/mol. The van der Waals surface area contributed by atoms with Crippen LogP contribution in [0.3, 0.4) is 0 Å². The Balaban J connectivity index is 1.94. The van der Waals surface area contributed by atoms with E-state index in [1.54, 1.807) is 20.4 Å². The average Bonchev–Trinajstić information content (AvgIpc) is 2.76. The number of nitrogen functional groups attached to an aromatic ring is 1. The van der Waals surface area contributed by atoms with Crippen molar-refractivity contribution in [2.45, 2.75) is 13.8 Å². The van der Waals surface area contributed by atoms with Crippen molar-refractivity contribution in [3.63, 3.8) is 0 Å². The molecule has 154 valence electrons. The molecule has 0 aliphatic rings. The van der Waals surface area contributed by atoms with Crippen LogP contribution in [0.1, 0.15) is 23.6 Å². The van der Waals surface area contributed by atoms with Crippen LogP contribution in [0, 0.1) is 6.92 Å². The standard InChI is InChI=1S/C23H25N5O2/c1-14-7-6-8-20(24)21(14)27-23-26-13-17(22(25-3)28-23)9-15(2)16-10-18(29-4)12-19(11-16)30-5/h6-13H,3,24H2,1-2,4-5H3,(H,26,27,28)/b15-9+. The molecule has 0 atom stereocenters. The van der Waals surface area contributed by atoms with Gasteiger partial charge in [0.15, 0.2) is 5.82 Å². The van der Waals surface area contributed by atoms with Crippen molar-refractivity contribution in [3.05, 3.63) is 59.3 Å². The molecule has 0 aliphatic carbocycles. The normalized spacial score (nSPS) is 11.1. The number of nitrogens with zero attached hydrogens (tertiary/aromatic N) is 3. The van der Waals surface area contributed by atoms with E-state index in [2.05, 4.69) is 27.0 Å². The molecule has 0 saturated heterocycles. The number of methoxy groups -OCH3 is 2. The molecule has 7 nitrogen and oxygen atoms in total. The van der Waals surface area contributed by atoms with Crippen LogP contribution in [0.15, 0.2) is 47.6 Å². The smallest absolute Gasteiger partial charge is 0.229 e. The van der Waals surface area contributed by atoms with Gasteiger partial charge in [-0.25, -0.2) is 9.98 Å². The largest absolute Gasteiger partial charge is 0.497 e. The van der Waals surface area contributed by atoms with E-state index in [4.69, 9.17) is 15.2 Å². The molecule has 3 aromatic rings. The van der Waals surface area contributed by atoms with Crippen LogP contribution in [0.25, 0.3) is 11.6 Å². The van der Waals surface area contributed by atoms with Gasteiger partial charge in [0.05, 0.1) is 25.6 Å². The van der Waals surface area contributed by atoms with Gasteiger partial charge in [0.25, 0.3) is 0 Å². The van der Waals surface area contributed by atoms with Gasteiger partial charge in [-0.1, -0.05) is 12.1 Å². The summed E-state index contributed by atoms with van der Waals surface area (Å²) in [7, 11) is 3.25. The second-order valence-electron chi connectivity index (χ2n) is 6.72. The first kappa shape index (κ1) is 20.9. The van der Waals surface area contributed by atoms with E-state index in [1.807, 2.05) is 56.3 Å². The van der Waals surface area contributed by atoms with E-state index in [0.29, 0.717) is 29.0 Å². The van der Waals surface area contributed by atoms with Crippen molar-refractivity contribution < 1.29 is 9.47 Å². The Morgan fingerprint density at radius 1 is 1.17 bits per heavy atom. The van der Waals surface area contributed by atoms with Crippen molar-refractivity contribution in [1.29, 1.82) is 0 Å². The first-order valence-electron chi connectivity index (χ1n) is 9.32. The van der Waals surface area contributed by atoms with Gasteiger partial charge < -0.3 is 20.5 Å². The highest BCUT2D eigenvalue weighted by atomic mass is 16.5. The van der Waals surface area contributed by atoms with Crippen LogP contribution < -0.4 is 20.5 Å². The summed E-state index contributed by atoms with van der Waals surface area (Å²) in [5.74, 6) is 2.29. The summed E-state index contributed by atoms with van der Waals surface area (Å²) in [5.41, 5.74) is 11.1. The van der Waals surface area contributed by atoms with Crippen LogP contribution in [0.4, 0.5) is 23.1 Å². The number of para-hydroxylation sites is 1. The molecule has 0 radical (unpaired) electrons. The molecule has 0 unspecified atom stereocenters. The quantitative estimate of drug-likeness (QED) is 0.425. The Hall–Kier alpha value is -3.87. The minimum atomic E-state index is 0.399. The van der Waals surface area contributed by atoms with Gasteiger partial charge in [0, 0.05) is 17.8 Å². The minimum absolute atomic E-state index is 0.399. The number of allylic oxidation sites excluding steroid dienone is 1. The van der Waals surface area contributed by atoms with Gasteiger partial charge in [0.2, 0.25) is 5.95 Å². The van der Waals surface area contributed by atoms with E-state index in [9.17, 15) is 0 Å². The monoisotopic (exact) mass is 403 g/mol. The lowest BCUT2D eigenvalue weighted by Gasteiger charge is -2.12. The first-order chi connectivity index (χ1) is 14.4. The number of nitrogens with one attached hydrogen (secondary N) is 1. The van der Waals surface area contributed by atoms with E-state index >= 15 is 0 Å². The Morgan fingerprint density at radius 2 is 1.87 bits per heavy atom. The Kier molecular flexibility index (Phi) is 6.32. The van der Waals surface area contributed by atoms with E-state index in [1.165, 1.54) is 0 Å². The predicted octanol–water partition coefficient (Wildman–Crippen LogP) is 5.02. The van der Waals surface area contributed by atoms with Gasteiger partial charge in [-0.3, -0.25) is 0 Å². The van der Waals surface area contributed by atoms with Gasteiger partial charge in [-0.15, -0.1) is 0 Å². The van der Waals surface area contributed by atoms with Crippen LogP contribution >= 0.6 is 0 Å². The lowest BCUT2D eigenvalue weighted by atomic mass is 10.0. The lowest BCUT2D eigenvalue weighted by molar-refractivity contribution is 0.394. The predicted molar refractivity (Wildman–Crippen MR) is 123 cm³/mol. The molecule has 3 rings (SSSR count). The fraction of sp³-hybridized carbons (Fsp3) is 0.174. The summed E-state index contributed by atoms with van der Waals surface area (Å²) < 4.78 is 10.7. The number of benzene rings is 2. The number of ether oxygens (including phenoxy) is 2. The van der Waals surface area contributed by atoms with E-state index in [0.717, 1.165) is 28.0 Å². The Labute approximate surface area is 176 Å². The Bertz CT molecular complexity index is 1070. The van der Waals surface area contributed by atoms with Crippen LogP contribution in [0.2, 0.25) is 0 Å². The number of anilines is 3. The second-order valence-corrected chi connectivity index (χ2v) is 6.72. The van der Waals surface area contributed by atoms with Gasteiger partial charge in [-0.2, -0.15) is 4.98 Å². The maximum absolute atomic E-state index is 6.06. The molecule has 0 aliphatic heterocycles. The summed E-state index contributed by atoms with van der Waals surface area (Å²) >= 11 is 0. The van der Waals surface area contributed by atoms with Crippen molar-refractivity contribution in [2.24, 2.45) is 4.99 Å². The molecule has 30 heavy (non-hydrogen) atoms. The zero-order valence-electron chi connectivity index (χ0n) is 17.6. The molecule has 0 spiro atoms. The molecule has 0 amide bonds. The van der Waals surface area contributed by atoms with E-state index < -0.39 is 0 Å². The highest BCUT2D eigenvalue weighted by molar-refractivity contribution is 5.84. The molecule has 0 saturated carbocycles. The second kappa shape index (κ2) is 9.09. The van der Waals surface area contributed by atoms with Gasteiger partial charge in [-0.05, 0) is 61.5 Å². The summed E-state index contributed by atoms with van der Waals surface area (Å²) in [6.45, 7) is 7.60. The number of rotatable bonds is 7. The zero-order chi connectivity index (χ0) is 21.7. The number of aryl methyl sites for hydroxylation is 1. The molecule has 0 bridgehead atoms. The maximum Gasteiger partial charge on any atom is 0.229 e. The van der Waals surface area contributed by atoms with Crippen molar-refractivity contribution >= 4 is 41.5 Å². The first-order valence-corrected chi connectivity index (χ1v) is 9.32. The fourth-order valence-corrected chi connectivity index (χ4v) is 3.00. The highest BCUT2D eigenvalue weighted by Gasteiger charge is 2.10. The van der Waals surface area contributed by atoms with Crippen LogP contribution in [0.5, 0.6) is 11.5 Å². The third-order valence-electron chi connectivity index (χ3n) is 4.67. The highest BCUT2D eigenvalue weighted by Crippen LogP contribution is 2.30. The molecule has 7 heteroatoms. The molecule has 1 heterocycles. The average molecular weight is 403 g/mol. The molecule has 3 N–H and O–H groups in total. The van der Waals surface area contributed by atoms with Gasteiger partial charge in [0.1, 0.15) is 11.5 Å². The minimum Gasteiger partial charge on any atom is -0.497 e.